The van der Waals surface area contributed by atoms with Crippen LogP contribution in [0.5, 0.6) is 0 Å². The van der Waals surface area contributed by atoms with Gasteiger partial charge in [0.1, 0.15) is 0 Å². The smallest absolute Gasteiger partial charge is 0.191 e. The summed E-state index contributed by atoms with van der Waals surface area (Å²) in [6.45, 7) is 12.5. The second kappa shape index (κ2) is 14.5. The topological polar surface area (TPSA) is 58.5 Å². The van der Waals surface area contributed by atoms with E-state index in [-0.39, 0.29) is 24.0 Å². The van der Waals surface area contributed by atoms with Gasteiger partial charge in [-0.1, -0.05) is 19.9 Å². The van der Waals surface area contributed by atoms with Crippen molar-refractivity contribution in [1.82, 2.24) is 15.6 Å². The number of rotatable bonds is 10. The van der Waals surface area contributed by atoms with Gasteiger partial charge in [-0.2, -0.15) is 0 Å². The Kier molecular flexibility index (Phi) is 13.9. The normalized spacial score (nSPS) is 11.3. The first-order chi connectivity index (χ1) is 11.1. The van der Waals surface area contributed by atoms with Gasteiger partial charge in [-0.25, -0.2) is 0 Å². The Morgan fingerprint density at radius 1 is 1.29 bits per heavy atom. The number of guanidine groups is 1. The van der Waals surface area contributed by atoms with Crippen molar-refractivity contribution >= 4 is 29.9 Å². The lowest BCUT2D eigenvalue weighted by Crippen LogP contribution is -2.38. The van der Waals surface area contributed by atoms with E-state index in [4.69, 9.17) is 4.74 Å². The predicted molar refractivity (Wildman–Crippen MR) is 112 cm³/mol. The van der Waals surface area contributed by atoms with E-state index in [0.717, 1.165) is 57.3 Å². The Labute approximate surface area is 164 Å². The van der Waals surface area contributed by atoms with Crippen LogP contribution < -0.4 is 10.6 Å². The number of pyridine rings is 1. The molecule has 0 atom stereocenters. The van der Waals surface area contributed by atoms with Crippen LogP contribution in [-0.2, 0) is 11.2 Å². The maximum absolute atomic E-state index is 5.57. The molecule has 0 radical (unpaired) electrons. The van der Waals surface area contributed by atoms with E-state index in [1.165, 1.54) is 5.56 Å². The summed E-state index contributed by atoms with van der Waals surface area (Å²) in [5.74, 6) is 1.46. The number of halogens is 1. The van der Waals surface area contributed by atoms with Crippen LogP contribution in [-0.4, -0.2) is 43.8 Å². The van der Waals surface area contributed by atoms with Crippen molar-refractivity contribution in [3.63, 3.8) is 0 Å². The number of aryl methyl sites for hydroxylation is 1. The first kappa shape index (κ1) is 23.1. The highest BCUT2D eigenvalue weighted by atomic mass is 127. The fraction of sp³-hybridized carbons (Fsp3) is 0.667. The van der Waals surface area contributed by atoms with Gasteiger partial charge in [0.25, 0.3) is 0 Å². The molecule has 1 heterocycles. The van der Waals surface area contributed by atoms with Gasteiger partial charge < -0.3 is 15.4 Å². The molecule has 0 saturated heterocycles. The van der Waals surface area contributed by atoms with Crippen LogP contribution in [0.2, 0.25) is 0 Å². The number of aromatic nitrogens is 1. The molecule has 1 aromatic rings. The quantitative estimate of drug-likeness (QED) is 0.250. The lowest BCUT2D eigenvalue weighted by atomic mass is 10.2. The van der Waals surface area contributed by atoms with Gasteiger partial charge in [-0.15, -0.1) is 24.0 Å². The maximum atomic E-state index is 5.57. The summed E-state index contributed by atoms with van der Waals surface area (Å²) in [4.78, 5) is 8.89. The van der Waals surface area contributed by atoms with Crippen LogP contribution in [0.3, 0.4) is 0 Å². The van der Waals surface area contributed by atoms with Crippen molar-refractivity contribution in [1.29, 1.82) is 0 Å². The largest absolute Gasteiger partial charge is 0.381 e. The van der Waals surface area contributed by atoms with Gasteiger partial charge in [0.15, 0.2) is 5.96 Å². The Morgan fingerprint density at radius 2 is 2.08 bits per heavy atom. The Hall–Kier alpha value is -0.890. The Balaban J connectivity index is 0.00000529. The van der Waals surface area contributed by atoms with Crippen LogP contribution in [0.25, 0.3) is 0 Å². The van der Waals surface area contributed by atoms with E-state index in [9.17, 15) is 0 Å². The highest BCUT2D eigenvalue weighted by Crippen LogP contribution is 1.99. The molecule has 0 spiro atoms. The molecule has 1 aromatic heterocycles. The lowest BCUT2D eigenvalue weighted by molar-refractivity contribution is 0.109. The molecule has 138 valence electrons. The zero-order valence-corrected chi connectivity index (χ0v) is 17.8. The number of hydrogen-bond donors (Lipinski definition) is 2. The third kappa shape index (κ3) is 11.6. The fourth-order valence-electron chi connectivity index (χ4n) is 1.99. The maximum Gasteiger partial charge on any atom is 0.191 e. The van der Waals surface area contributed by atoms with Crippen molar-refractivity contribution < 1.29 is 4.74 Å². The zero-order valence-electron chi connectivity index (χ0n) is 15.5. The number of ether oxygens (including phenoxy) is 1. The van der Waals surface area contributed by atoms with E-state index in [0.29, 0.717) is 5.92 Å². The van der Waals surface area contributed by atoms with Crippen molar-refractivity contribution in [3.05, 3.63) is 29.6 Å². The molecular weight excluding hydrogens is 415 g/mol. The predicted octanol–water partition coefficient (Wildman–Crippen LogP) is 3.17. The number of hydrogen-bond acceptors (Lipinski definition) is 3. The van der Waals surface area contributed by atoms with Gasteiger partial charge in [-0.05, 0) is 44.2 Å². The molecule has 0 aromatic carbocycles. The number of aliphatic imine (C=N–C) groups is 1. The molecule has 0 bridgehead atoms. The lowest BCUT2D eigenvalue weighted by Gasteiger charge is -2.11. The molecule has 1 rings (SSSR count). The van der Waals surface area contributed by atoms with Crippen LogP contribution in [0.4, 0.5) is 0 Å². The minimum atomic E-state index is 0. The van der Waals surface area contributed by atoms with Crippen LogP contribution in [0, 0.1) is 12.8 Å². The second-order valence-corrected chi connectivity index (χ2v) is 6.07. The van der Waals surface area contributed by atoms with Crippen LogP contribution >= 0.6 is 24.0 Å². The molecule has 0 aliphatic carbocycles. The van der Waals surface area contributed by atoms with Crippen LogP contribution in [0.1, 0.15) is 38.4 Å². The molecule has 0 fully saturated rings. The third-order valence-electron chi connectivity index (χ3n) is 3.19. The fourth-order valence-corrected chi connectivity index (χ4v) is 1.99. The Bertz CT molecular complexity index is 449. The summed E-state index contributed by atoms with van der Waals surface area (Å²) < 4.78 is 5.57. The average Bonchev–Trinajstić information content (AvgIpc) is 2.52. The number of nitrogens with one attached hydrogen (secondary N) is 2. The zero-order chi connectivity index (χ0) is 16.9. The highest BCUT2D eigenvalue weighted by molar-refractivity contribution is 14.0. The second-order valence-electron chi connectivity index (χ2n) is 6.07. The average molecular weight is 448 g/mol. The molecule has 24 heavy (non-hydrogen) atoms. The van der Waals surface area contributed by atoms with E-state index < -0.39 is 0 Å². The monoisotopic (exact) mass is 448 g/mol. The van der Waals surface area contributed by atoms with Crippen molar-refractivity contribution in [2.24, 2.45) is 10.9 Å². The highest BCUT2D eigenvalue weighted by Gasteiger charge is 1.99. The van der Waals surface area contributed by atoms with Gasteiger partial charge in [0.2, 0.25) is 0 Å². The summed E-state index contributed by atoms with van der Waals surface area (Å²) in [6, 6.07) is 4.17. The number of nitrogens with zero attached hydrogens (tertiary/aromatic N) is 2. The minimum absolute atomic E-state index is 0. The van der Waals surface area contributed by atoms with E-state index in [1.807, 2.05) is 19.2 Å². The summed E-state index contributed by atoms with van der Waals surface area (Å²) in [5, 5.41) is 6.63. The van der Waals surface area contributed by atoms with Gasteiger partial charge in [-0.3, -0.25) is 9.98 Å². The SMILES string of the molecule is CCNC(=NCCCOCC(C)C)NCCc1ccc(C)nc1.I. The molecule has 0 aliphatic heterocycles. The first-order valence-corrected chi connectivity index (χ1v) is 8.63. The molecule has 0 amide bonds. The van der Waals surface area contributed by atoms with Crippen molar-refractivity contribution in [2.75, 3.05) is 32.8 Å². The molecule has 0 saturated carbocycles. The van der Waals surface area contributed by atoms with E-state index in [2.05, 4.69) is 47.4 Å². The summed E-state index contributed by atoms with van der Waals surface area (Å²) in [5.41, 5.74) is 2.29. The van der Waals surface area contributed by atoms with Gasteiger partial charge in [0, 0.05) is 44.7 Å². The summed E-state index contributed by atoms with van der Waals surface area (Å²) in [7, 11) is 0. The molecule has 2 N–H and O–H groups in total. The minimum Gasteiger partial charge on any atom is -0.381 e. The van der Waals surface area contributed by atoms with Crippen LogP contribution in [0.15, 0.2) is 23.3 Å². The van der Waals surface area contributed by atoms with Gasteiger partial charge in [0.05, 0.1) is 0 Å². The van der Waals surface area contributed by atoms with E-state index >= 15 is 0 Å². The van der Waals surface area contributed by atoms with Gasteiger partial charge >= 0.3 is 0 Å². The standard InChI is InChI=1S/C18H32N4O.HI/c1-5-19-18(20-10-6-12-23-14-15(2)3)21-11-9-17-8-7-16(4)22-13-17;/h7-8,13,15H,5-6,9-12,14H2,1-4H3,(H2,19,20,21);1H. The van der Waals surface area contributed by atoms with Crippen molar-refractivity contribution in [3.8, 4) is 0 Å². The first-order valence-electron chi connectivity index (χ1n) is 8.63. The third-order valence-corrected chi connectivity index (χ3v) is 3.19. The molecule has 0 aliphatic rings. The molecular formula is C18H33IN4O. The molecule has 5 nitrogen and oxygen atoms in total. The van der Waals surface area contributed by atoms with E-state index in [1.54, 1.807) is 0 Å². The summed E-state index contributed by atoms with van der Waals surface area (Å²) in [6.07, 6.45) is 3.83. The van der Waals surface area contributed by atoms with Crippen molar-refractivity contribution in [2.45, 2.75) is 40.5 Å². The molecule has 0 unspecified atom stereocenters. The Morgan fingerprint density at radius 3 is 2.71 bits per heavy atom. The molecule has 6 heteroatoms. The summed E-state index contributed by atoms with van der Waals surface area (Å²) >= 11 is 0.